The van der Waals surface area contributed by atoms with Crippen LogP contribution in [0.15, 0.2) is 0 Å². The van der Waals surface area contributed by atoms with Gasteiger partial charge in [0.15, 0.2) is 0 Å². The van der Waals surface area contributed by atoms with Gasteiger partial charge in [0.05, 0.1) is 18.8 Å². The van der Waals surface area contributed by atoms with Crippen LogP contribution in [0, 0.1) is 0 Å². The monoisotopic (exact) mass is 202 g/mol. The summed E-state index contributed by atoms with van der Waals surface area (Å²) in [6, 6.07) is 0. The van der Waals surface area contributed by atoms with E-state index in [0.717, 1.165) is 6.54 Å². The third-order valence-electron chi connectivity index (χ3n) is 2.36. The Hall–Kier alpha value is -0.810. The van der Waals surface area contributed by atoms with Crippen LogP contribution < -0.4 is 5.32 Å². The van der Waals surface area contributed by atoms with Gasteiger partial charge < -0.3 is 20.1 Å². The van der Waals surface area contributed by atoms with E-state index < -0.39 is 11.7 Å². The molecule has 5 nitrogen and oxygen atoms in total. The van der Waals surface area contributed by atoms with E-state index in [0.29, 0.717) is 19.6 Å². The van der Waals surface area contributed by atoms with Crippen molar-refractivity contribution in [3.8, 4) is 0 Å². The number of β-amino-alcohol motifs (C(OH)–C–C–N with tert-alkyl or cyclic N) is 1. The summed E-state index contributed by atoms with van der Waals surface area (Å²) in [7, 11) is 1.95. The predicted octanol–water partition coefficient (Wildman–Crippen LogP) is -0.201. The zero-order valence-corrected chi connectivity index (χ0v) is 8.75. The van der Waals surface area contributed by atoms with E-state index in [1.807, 2.05) is 11.9 Å². The number of likely N-dealkylation sites (tertiary alicyclic amines) is 1. The van der Waals surface area contributed by atoms with Gasteiger partial charge in [-0.3, -0.25) is 0 Å². The first-order chi connectivity index (χ1) is 6.56. The number of ether oxygens (including phenoxy) is 1. The number of hydrogen-bond donors (Lipinski definition) is 2. The summed E-state index contributed by atoms with van der Waals surface area (Å²) >= 11 is 0. The van der Waals surface area contributed by atoms with E-state index in [1.165, 1.54) is 0 Å². The second-order valence-corrected chi connectivity index (χ2v) is 3.79. The number of rotatable bonds is 3. The molecule has 5 heteroatoms. The average molecular weight is 202 g/mol. The molecule has 0 aliphatic carbocycles. The predicted molar refractivity (Wildman–Crippen MR) is 52.1 cm³/mol. The van der Waals surface area contributed by atoms with Crippen LogP contribution in [-0.2, 0) is 4.74 Å². The van der Waals surface area contributed by atoms with Crippen LogP contribution >= 0.6 is 0 Å². The van der Waals surface area contributed by atoms with E-state index in [-0.39, 0.29) is 6.54 Å². The lowest BCUT2D eigenvalue weighted by atomic mass is 10.0. The maximum Gasteiger partial charge on any atom is 0.407 e. The van der Waals surface area contributed by atoms with Gasteiger partial charge in [-0.2, -0.15) is 0 Å². The molecule has 0 spiro atoms. The molecule has 0 aromatic rings. The molecular weight excluding hydrogens is 184 g/mol. The summed E-state index contributed by atoms with van der Waals surface area (Å²) in [6.45, 7) is 3.82. The summed E-state index contributed by atoms with van der Waals surface area (Å²) in [4.78, 5) is 13.0. The standard InChI is InChI=1S/C9H18N2O3/c1-3-14-8(12)10-6-9(13)4-5-11(2)7-9/h13H,3-7H2,1-2H3,(H,10,12). The highest BCUT2D eigenvalue weighted by Crippen LogP contribution is 2.18. The van der Waals surface area contributed by atoms with Crippen LogP contribution in [0.1, 0.15) is 13.3 Å². The lowest BCUT2D eigenvalue weighted by Gasteiger charge is -2.22. The van der Waals surface area contributed by atoms with Crippen molar-refractivity contribution in [2.75, 3.05) is 33.3 Å². The van der Waals surface area contributed by atoms with E-state index in [4.69, 9.17) is 4.74 Å². The van der Waals surface area contributed by atoms with E-state index in [1.54, 1.807) is 6.92 Å². The molecule has 1 heterocycles. The minimum Gasteiger partial charge on any atom is -0.450 e. The number of aliphatic hydroxyl groups is 1. The first-order valence-corrected chi connectivity index (χ1v) is 4.87. The fourth-order valence-electron chi connectivity index (χ4n) is 1.62. The molecule has 0 aromatic heterocycles. The molecule has 1 rings (SSSR count). The molecule has 1 saturated heterocycles. The van der Waals surface area contributed by atoms with Crippen molar-refractivity contribution in [2.45, 2.75) is 18.9 Å². The Balaban J connectivity index is 2.27. The Bertz CT molecular complexity index is 210. The normalized spacial score (nSPS) is 27.6. The first-order valence-electron chi connectivity index (χ1n) is 4.87. The van der Waals surface area contributed by atoms with Gasteiger partial charge in [0.25, 0.3) is 0 Å². The van der Waals surface area contributed by atoms with Crippen molar-refractivity contribution in [1.82, 2.24) is 10.2 Å². The third-order valence-corrected chi connectivity index (χ3v) is 2.36. The topological polar surface area (TPSA) is 61.8 Å². The Morgan fingerprint density at radius 2 is 2.43 bits per heavy atom. The number of alkyl carbamates (subject to hydrolysis) is 1. The summed E-state index contributed by atoms with van der Waals surface area (Å²) in [5, 5.41) is 12.5. The van der Waals surface area contributed by atoms with Crippen LogP contribution in [0.2, 0.25) is 0 Å². The van der Waals surface area contributed by atoms with E-state index >= 15 is 0 Å². The smallest absolute Gasteiger partial charge is 0.407 e. The summed E-state index contributed by atoms with van der Waals surface area (Å²) < 4.78 is 4.70. The van der Waals surface area contributed by atoms with Crippen LogP contribution in [0.25, 0.3) is 0 Å². The van der Waals surface area contributed by atoms with E-state index in [2.05, 4.69) is 5.32 Å². The number of carbonyl (C=O) groups excluding carboxylic acids is 1. The molecule has 1 aliphatic rings. The number of hydrogen-bond acceptors (Lipinski definition) is 4. The van der Waals surface area contributed by atoms with Gasteiger partial charge >= 0.3 is 6.09 Å². The number of nitrogens with one attached hydrogen (secondary N) is 1. The molecule has 1 aliphatic heterocycles. The van der Waals surface area contributed by atoms with Crippen LogP contribution in [0.4, 0.5) is 4.79 Å². The zero-order chi connectivity index (χ0) is 10.6. The van der Waals surface area contributed by atoms with Gasteiger partial charge in [0, 0.05) is 13.1 Å². The second kappa shape index (κ2) is 4.61. The Labute approximate surface area is 84.0 Å². The van der Waals surface area contributed by atoms with Crippen molar-refractivity contribution in [2.24, 2.45) is 0 Å². The van der Waals surface area contributed by atoms with Crippen LogP contribution in [-0.4, -0.2) is 55.0 Å². The van der Waals surface area contributed by atoms with Gasteiger partial charge in [-0.05, 0) is 20.4 Å². The summed E-state index contributed by atoms with van der Waals surface area (Å²) in [5.41, 5.74) is -0.790. The lowest BCUT2D eigenvalue weighted by molar-refractivity contribution is 0.0494. The molecular formula is C9H18N2O3. The largest absolute Gasteiger partial charge is 0.450 e. The van der Waals surface area contributed by atoms with Crippen LogP contribution in [0.5, 0.6) is 0 Å². The van der Waals surface area contributed by atoms with Gasteiger partial charge in [-0.1, -0.05) is 0 Å². The molecule has 82 valence electrons. The quantitative estimate of drug-likeness (QED) is 0.665. The molecule has 1 amide bonds. The van der Waals surface area contributed by atoms with Crippen LogP contribution in [0.3, 0.4) is 0 Å². The van der Waals surface area contributed by atoms with E-state index in [9.17, 15) is 9.90 Å². The zero-order valence-electron chi connectivity index (χ0n) is 8.75. The van der Waals surface area contributed by atoms with Crippen molar-refractivity contribution >= 4 is 6.09 Å². The Kier molecular flexibility index (Phi) is 3.71. The minimum atomic E-state index is -0.790. The van der Waals surface area contributed by atoms with Crippen molar-refractivity contribution < 1.29 is 14.6 Å². The van der Waals surface area contributed by atoms with Gasteiger partial charge in [-0.25, -0.2) is 4.79 Å². The first kappa shape index (κ1) is 11.3. The maximum atomic E-state index is 11.0. The van der Waals surface area contributed by atoms with Crippen molar-refractivity contribution in [3.63, 3.8) is 0 Å². The Morgan fingerprint density at radius 3 is 2.93 bits per heavy atom. The maximum absolute atomic E-state index is 11.0. The molecule has 0 aromatic carbocycles. The Morgan fingerprint density at radius 1 is 1.71 bits per heavy atom. The van der Waals surface area contributed by atoms with Crippen molar-refractivity contribution in [1.29, 1.82) is 0 Å². The molecule has 1 unspecified atom stereocenters. The minimum absolute atomic E-state index is 0.260. The number of carbonyl (C=O) groups is 1. The average Bonchev–Trinajstić information content (AvgIpc) is 2.45. The van der Waals surface area contributed by atoms with Gasteiger partial charge in [0.1, 0.15) is 0 Å². The molecule has 14 heavy (non-hydrogen) atoms. The van der Waals surface area contributed by atoms with Gasteiger partial charge in [-0.15, -0.1) is 0 Å². The third kappa shape index (κ3) is 3.16. The highest BCUT2D eigenvalue weighted by atomic mass is 16.5. The lowest BCUT2D eigenvalue weighted by Crippen LogP contribution is -2.44. The van der Waals surface area contributed by atoms with Gasteiger partial charge in [0.2, 0.25) is 0 Å². The molecule has 0 bridgehead atoms. The fraction of sp³-hybridized carbons (Fsp3) is 0.889. The summed E-state index contributed by atoms with van der Waals surface area (Å²) in [6.07, 6.45) is 0.228. The number of amides is 1. The number of likely N-dealkylation sites (N-methyl/N-ethyl adjacent to an activating group) is 1. The molecule has 2 N–H and O–H groups in total. The highest BCUT2D eigenvalue weighted by Gasteiger charge is 2.34. The number of nitrogens with zero attached hydrogens (tertiary/aromatic N) is 1. The molecule has 0 radical (unpaired) electrons. The molecule has 1 fully saturated rings. The highest BCUT2D eigenvalue weighted by molar-refractivity contribution is 5.67. The molecule has 0 saturated carbocycles. The second-order valence-electron chi connectivity index (χ2n) is 3.79. The summed E-state index contributed by atoms with van der Waals surface area (Å²) in [5.74, 6) is 0. The SMILES string of the molecule is CCOC(=O)NCC1(O)CCN(C)C1. The van der Waals surface area contributed by atoms with Crippen molar-refractivity contribution in [3.05, 3.63) is 0 Å². The molecule has 1 atom stereocenters. The fourth-order valence-corrected chi connectivity index (χ4v) is 1.62.